The summed E-state index contributed by atoms with van der Waals surface area (Å²) in [7, 11) is 0. The molecule has 1 aliphatic carbocycles. The second-order valence-corrected chi connectivity index (χ2v) is 5.65. The lowest BCUT2D eigenvalue weighted by Gasteiger charge is -2.33. The van der Waals surface area contributed by atoms with Crippen molar-refractivity contribution in [3.8, 4) is 0 Å². The van der Waals surface area contributed by atoms with Crippen molar-refractivity contribution in [2.45, 2.75) is 57.9 Å². The van der Waals surface area contributed by atoms with E-state index in [2.05, 4.69) is 17.1 Å². The fraction of sp³-hybridized carbons (Fsp3) is 0.929. The molecule has 1 amide bonds. The first-order valence-corrected chi connectivity index (χ1v) is 7.29. The minimum absolute atomic E-state index is 0.298. The van der Waals surface area contributed by atoms with Gasteiger partial charge in [-0.25, -0.2) is 0 Å². The Morgan fingerprint density at radius 3 is 2.59 bits per heavy atom. The molecule has 1 N–H and O–H groups in total. The predicted molar refractivity (Wildman–Crippen MR) is 69.9 cm³/mol. The van der Waals surface area contributed by atoms with Crippen LogP contribution in [0.1, 0.15) is 51.9 Å². The second kappa shape index (κ2) is 6.39. The molecule has 1 saturated carbocycles. The van der Waals surface area contributed by atoms with E-state index in [1.165, 1.54) is 38.6 Å². The van der Waals surface area contributed by atoms with Gasteiger partial charge in [-0.1, -0.05) is 19.3 Å². The number of likely N-dealkylation sites (tertiary alicyclic amines) is 1. The molecular weight excluding hydrogens is 212 g/mol. The van der Waals surface area contributed by atoms with Crippen molar-refractivity contribution in [2.24, 2.45) is 5.92 Å². The lowest BCUT2D eigenvalue weighted by atomic mass is 10.0. The average molecular weight is 238 g/mol. The molecule has 0 aromatic carbocycles. The minimum atomic E-state index is 0.298. The van der Waals surface area contributed by atoms with Gasteiger partial charge < -0.3 is 5.32 Å². The topological polar surface area (TPSA) is 32.3 Å². The Labute approximate surface area is 105 Å². The zero-order valence-electron chi connectivity index (χ0n) is 11.1. The van der Waals surface area contributed by atoms with Gasteiger partial charge in [0.05, 0.1) is 0 Å². The molecule has 1 saturated heterocycles. The van der Waals surface area contributed by atoms with Gasteiger partial charge in [0.2, 0.25) is 5.91 Å². The van der Waals surface area contributed by atoms with E-state index in [4.69, 9.17) is 0 Å². The molecule has 0 unspecified atom stereocenters. The summed E-state index contributed by atoms with van der Waals surface area (Å²) in [5.41, 5.74) is 0. The van der Waals surface area contributed by atoms with Gasteiger partial charge in [-0.2, -0.15) is 0 Å². The van der Waals surface area contributed by atoms with Gasteiger partial charge in [0.15, 0.2) is 0 Å². The number of piperidine rings is 1. The highest BCUT2D eigenvalue weighted by Crippen LogP contribution is 2.24. The first-order valence-electron chi connectivity index (χ1n) is 7.29. The van der Waals surface area contributed by atoms with E-state index in [1.54, 1.807) is 0 Å². The normalized spacial score (nSPS) is 27.2. The Morgan fingerprint density at radius 1 is 1.18 bits per heavy atom. The van der Waals surface area contributed by atoms with E-state index < -0.39 is 0 Å². The van der Waals surface area contributed by atoms with Gasteiger partial charge in [0.1, 0.15) is 0 Å². The summed E-state index contributed by atoms with van der Waals surface area (Å²) in [5.74, 6) is 0.612. The molecular formula is C14H26N2O. The fourth-order valence-corrected chi connectivity index (χ4v) is 3.14. The summed E-state index contributed by atoms with van der Waals surface area (Å²) in [5, 5.41) is 3.11. The highest BCUT2D eigenvalue weighted by atomic mass is 16.1. The molecule has 0 bridgehead atoms. The summed E-state index contributed by atoms with van der Waals surface area (Å²) < 4.78 is 0. The first-order chi connectivity index (χ1) is 8.27. The number of carbonyl (C=O) groups is 1. The smallest absolute Gasteiger partial charge is 0.223 e. The van der Waals surface area contributed by atoms with Crippen molar-refractivity contribution in [3.05, 3.63) is 0 Å². The fourth-order valence-electron chi connectivity index (χ4n) is 3.14. The Kier molecular flexibility index (Phi) is 4.84. The molecule has 0 aromatic heterocycles. The molecule has 1 aliphatic heterocycles. The summed E-state index contributed by atoms with van der Waals surface area (Å²) >= 11 is 0. The monoisotopic (exact) mass is 238 g/mol. The Bertz CT molecular complexity index is 249. The largest absolute Gasteiger partial charge is 0.355 e. The first kappa shape index (κ1) is 12.9. The third kappa shape index (κ3) is 3.70. The maximum absolute atomic E-state index is 11.8. The van der Waals surface area contributed by atoms with Gasteiger partial charge in [-0.15, -0.1) is 0 Å². The zero-order chi connectivity index (χ0) is 12.1. The van der Waals surface area contributed by atoms with Crippen LogP contribution in [0.2, 0.25) is 0 Å². The third-order valence-electron chi connectivity index (χ3n) is 4.36. The molecule has 3 nitrogen and oxygen atoms in total. The Balaban J connectivity index is 1.63. The van der Waals surface area contributed by atoms with Crippen LogP contribution in [0.5, 0.6) is 0 Å². The SMILES string of the molecule is C[C@@H]1CCCCN1CCNC(=O)C1CCCC1. The van der Waals surface area contributed by atoms with Crippen molar-refractivity contribution in [1.82, 2.24) is 10.2 Å². The molecule has 17 heavy (non-hydrogen) atoms. The van der Waals surface area contributed by atoms with E-state index in [0.717, 1.165) is 25.9 Å². The van der Waals surface area contributed by atoms with E-state index in [1.807, 2.05) is 0 Å². The van der Waals surface area contributed by atoms with Crippen LogP contribution in [-0.2, 0) is 4.79 Å². The van der Waals surface area contributed by atoms with Gasteiger partial charge in [-0.05, 0) is 39.2 Å². The molecule has 1 heterocycles. The maximum atomic E-state index is 11.8. The highest BCUT2D eigenvalue weighted by Gasteiger charge is 2.23. The van der Waals surface area contributed by atoms with Crippen LogP contribution in [0.15, 0.2) is 0 Å². The van der Waals surface area contributed by atoms with Crippen LogP contribution >= 0.6 is 0 Å². The van der Waals surface area contributed by atoms with Crippen LogP contribution in [0.25, 0.3) is 0 Å². The number of amides is 1. The second-order valence-electron chi connectivity index (χ2n) is 5.65. The lowest BCUT2D eigenvalue weighted by Crippen LogP contribution is -2.43. The van der Waals surface area contributed by atoms with Crippen LogP contribution in [0, 0.1) is 5.92 Å². The number of hydrogen-bond donors (Lipinski definition) is 1. The van der Waals surface area contributed by atoms with Crippen LogP contribution in [0.4, 0.5) is 0 Å². The third-order valence-corrected chi connectivity index (χ3v) is 4.36. The molecule has 0 radical (unpaired) electrons. The summed E-state index contributed by atoms with van der Waals surface area (Å²) in [6.45, 7) is 5.37. The number of carbonyl (C=O) groups excluding carboxylic acids is 1. The van der Waals surface area contributed by atoms with Crippen molar-refractivity contribution in [1.29, 1.82) is 0 Å². The van der Waals surface area contributed by atoms with Gasteiger partial charge >= 0.3 is 0 Å². The van der Waals surface area contributed by atoms with Gasteiger partial charge in [0.25, 0.3) is 0 Å². The number of rotatable bonds is 4. The van der Waals surface area contributed by atoms with E-state index >= 15 is 0 Å². The van der Waals surface area contributed by atoms with Gasteiger partial charge in [0, 0.05) is 25.0 Å². The molecule has 98 valence electrons. The molecule has 3 heteroatoms. The molecule has 0 spiro atoms. The van der Waals surface area contributed by atoms with Crippen molar-refractivity contribution < 1.29 is 4.79 Å². The predicted octanol–water partition coefficient (Wildman–Crippen LogP) is 2.17. The quantitative estimate of drug-likeness (QED) is 0.814. The highest BCUT2D eigenvalue weighted by molar-refractivity contribution is 5.78. The number of hydrogen-bond acceptors (Lipinski definition) is 2. The molecule has 2 aliphatic rings. The van der Waals surface area contributed by atoms with E-state index in [-0.39, 0.29) is 0 Å². The maximum Gasteiger partial charge on any atom is 0.223 e. The molecule has 2 rings (SSSR count). The van der Waals surface area contributed by atoms with Crippen LogP contribution < -0.4 is 5.32 Å². The zero-order valence-corrected chi connectivity index (χ0v) is 11.1. The van der Waals surface area contributed by atoms with Crippen LogP contribution in [-0.4, -0.2) is 36.5 Å². The lowest BCUT2D eigenvalue weighted by molar-refractivity contribution is -0.124. The van der Waals surface area contributed by atoms with E-state index in [9.17, 15) is 4.79 Å². The Hall–Kier alpha value is -0.570. The molecule has 1 atom stereocenters. The Morgan fingerprint density at radius 2 is 1.88 bits per heavy atom. The molecule has 2 fully saturated rings. The van der Waals surface area contributed by atoms with Crippen molar-refractivity contribution in [3.63, 3.8) is 0 Å². The van der Waals surface area contributed by atoms with E-state index in [0.29, 0.717) is 17.9 Å². The van der Waals surface area contributed by atoms with Crippen LogP contribution in [0.3, 0.4) is 0 Å². The van der Waals surface area contributed by atoms with Gasteiger partial charge in [-0.3, -0.25) is 9.69 Å². The van der Waals surface area contributed by atoms with Crippen molar-refractivity contribution >= 4 is 5.91 Å². The number of nitrogens with one attached hydrogen (secondary N) is 1. The summed E-state index contributed by atoms with van der Waals surface area (Å²) in [4.78, 5) is 14.4. The summed E-state index contributed by atoms with van der Waals surface area (Å²) in [6, 6.07) is 0.701. The minimum Gasteiger partial charge on any atom is -0.355 e. The molecule has 0 aromatic rings. The number of nitrogens with zero attached hydrogens (tertiary/aromatic N) is 1. The standard InChI is InChI=1S/C14H26N2O/c1-12-6-4-5-10-16(12)11-9-15-14(17)13-7-2-3-8-13/h12-13H,2-11H2,1H3,(H,15,17)/t12-/m1/s1. The van der Waals surface area contributed by atoms with Crippen molar-refractivity contribution in [2.75, 3.05) is 19.6 Å². The average Bonchev–Trinajstić information content (AvgIpc) is 2.85. The summed E-state index contributed by atoms with van der Waals surface area (Å²) in [6.07, 6.45) is 8.68.